The zero-order chi connectivity index (χ0) is 13.8. The van der Waals surface area contributed by atoms with Gasteiger partial charge in [-0.2, -0.15) is 0 Å². The van der Waals surface area contributed by atoms with E-state index in [1.807, 2.05) is 0 Å². The number of aliphatic hydroxyl groups is 1. The van der Waals surface area contributed by atoms with Crippen molar-refractivity contribution in [2.45, 2.75) is 6.61 Å². The molecular weight excluding hydrogens is 314 g/mol. The standard InChI is InChI=1S/C13H10BrNO4/c14-10-6-5-9(8-16)13(7-10)19-12-4-2-1-3-11(12)15(17)18/h1-7,16H,8H2. The number of hydrogen-bond donors (Lipinski definition) is 1. The predicted molar refractivity (Wildman–Crippen MR) is 73.2 cm³/mol. The van der Waals surface area contributed by atoms with Crippen LogP contribution in [0.15, 0.2) is 46.9 Å². The summed E-state index contributed by atoms with van der Waals surface area (Å²) in [6.07, 6.45) is 0. The third kappa shape index (κ3) is 3.10. The number of rotatable bonds is 4. The number of nitro benzene ring substituents is 1. The van der Waals surface area contributed by atoms with Gasteiger partial charge in [0, 0.05) is 16.1 Å². The molecule has 0 amide bonds. The molecule has 98 valence electrons. The quantitative estimate of drug-likeness (QED) is 0.688. The van der Waals surface area contributed by atoms with Crippen molar-refractivity contribution in [3.8, 4) is 11.5 Å². The summed E-state index contributed by atoms with van der Waals surface area (Å²) in [6.45, 7) is -0.205. The maximum absolute atomic E-state index is 10.9. The summed E-state index contributed by atoms with van der Waals surface area (Å²) >= 11 is 3.29. The second-order valence-corrected chi connectivity index (χ2v) is 4.65. The second-order valence-electron chi connectivity index (χ2n) is 3.74. The predicted octanol–water partition coefficient (Wildman–Crippen LogP) is 3.64. The summed E-state index contributed by atoms with van der Waals surface area (Å²) in [4.78, 5) is 10.4. The highest BCUT2D eigenvalue weighted by Crippen LogP contribution is 2.34. The van der Waals surface area contributed by atoms with Crippen molar-refractivity contribution < 1.29 is 14.8 Å². The van der Waals surface area contributed by atoms with Crippen LogP contribution in [0.4, 0.5) is 5.69 Å². The zero-order valence-electron chi connectivity index (χ0n) is 9.75. The van der Waals surface area contributed by atoms with Crippen molar-refractivity contribution in [2.24, 2.45) is 0 Å². The molecule has 0 aromatic heterocycles. The van der Waals surface area contributed by atoms with E-state index in [4.69, 9.17) is 4.74 Å². The number of hydrogen-bond acceptors (Lipinski definition) is 4. The Labute approximate surface area is 117 Å². The Hall–Kier alpha value is -1.92. The highest BCUT2D eigenvalue weighted by Gasteiger charge is 2.15. The van der Waals surface area contributed by atoms with Gasteiger partial charge in [0.05, 0.1) is 11.5 Å². The summed E-state index contributed by atoms with van der Waals surface area (Å²) in [6, 6.07) is 11.2. The lowest BCUT2D eigenvalue weighted by Gasteiger charge is -2.10. The number of nitrogens with zero attached hydrogens (tertiary/aromatic N) is 1. The normalized spacial score (nSPS) is 10.2. The number of benzene rings is 2. The molecule has 0 aliphatic heterocycles. The van der Waals surface area contributed by atoms with Gasteiger partial charge in [0.1, 0.15) is 5.75 Å². The minimum absolute atomic E-state index is 0.119. The molecule has 2 aromatic rings. The maximum atomic E-state index is 10.9. The fraction of sp³-hybridized carbons (Fsp3) is 0.0769. The van der Waals surface area contributed by atoms with E-state index >= 15 is 0 Å². The SMILES string of the molecule is O=[N+]([O-])c1ccccc1Oc1cc(Br)ccc1CO. The van der Waals surface area contributed by atoms with Crippen LogP contribution in [0.25, 0.3) is 0 Å². The second kappa shape index (κ2) is 5.81. The summed E-state index contributed by atoms with van der Waals surface area (Å²) in [5.74, 6) is 0.520. The minimum atomic E-state index is -0.508. The molecule has 0 radical (unpaired) electrons. The van der Waals surface area contributed by atoms with Gasteiger partial charge in [-0.3, -0.25) is 10.1 Å². The minimum Gasteiger partial charge on any atom is -0.450 e. The highest BCUT2D eigenvalue weighted by atomic mass is 79.9. The Kier molecular flexibility index (Phi) is 4.13. The smallest absolute Gasteiger partial charge is 0.311 e. The first-order valence-corrected chi connectivity index (χ1v) is 6.21. The monoisotopic (exact) mass is 323 g/mol. The van der Waals surface area contributed by atoms with Crippen LogP contribution < -0.4 is 4.74 Å². The average Bonchev–Trinajstić information content (AvgIpc) is 2.39. The van der Waals surface area contributed by atoms with E-state index in [0.717, 1.165) is 4.47 Å². The summed E-state index contributed by atoms with van der Waals surface area (Å²) < 4.78 is 6.30. The van der Waals surface area contributed by atoms with Gasteiger partial charge in [-0.25, -0.2) is 0 Å². The number of para-hydroxylation sites is 2. The van der Waals surface area contributed by atoms with Gasteiger partial charge in [-0.15, -0.1) is 0 Å². The molecule has 6 heteroatoms. The summed E-state index contributed by atoms with van der Waals surface area (Å²) in [5, 5.41) is 20.1. The summed E-state index contributed by atoms with van der Waals surface area (Å²) in [7, 11) is 0. The molecular formula is C13H10BrNO4. The average molecular weight is 324 g/mol. The van der Waals surface area contributed by atoms with Crippen LogP contribution in [0.3, 0.4) is 0 Å². The van der Waals surface area contributed by atoms with Gasteiger partial charge in [-0.05, 0) is 18.2 Å². The van der Waals surface area contributed by atoms with Crippen LogP contribution in [0.2, 0.25) is 0 Å². The number of aliphatic hydroxyl groups excluding tert-OH is 1. The zero-order valence-corrected chi connectivity index (χ0v) is 11.3. The maximum Gasteiger partial charge on any atom is 0.311 e. The van der Waals surface area contributed by atoms with E-state index in [-0.39, 0.29) is 18.0 Å². The van der Waals surface area contributed by atoms with E-state index in [1.54, 1.807) is 30.3 Å². The van der Waals surface area contributed by atoms with Crippen molar-refractivity contribution in [1.82, 2.24) is 0 Å². The van der Waals surface area contributed by atoms with Crippen LogP contribution >= 0.6 is 15.9 Å². The van der Waals surface area contributed by atoms with E-state index in [0.29, 0.717) is 11.3 Å². The Bertz CT molecular complexity index is 615. The largest absolute Gasteiger partial charge is 0.450 e. The number of nitro groups is 1. The van der Waals surface area contributed by atoms with E-state index in [9.17, 15) is 15.2 Å². The molecule has 0 fully saturated rings. The van der Waals surface area contributed by atoms with Crippen molar-refractivity contribution in [2.75, 3.05) is 0 Å². The number of ether oxygens (including phenoxy) is 1. The lowest BCUT2D eigenvalue weighted by molar-refractivity contribution is -0.385. The van der Waals surface area contributed by atoms with Crippen LogP contribution in [0.5, 0.6) is 11.5 Å². The molecule has 0 saturated heterocycles. The molecule has 5 nitrogen and oxygen atoms in total. The summed E-state index contributed by atoms with van der Waals surface area (Å²) in [5.41, 5.74) is 0.438. The third-order valence-corrected chi connectivity index (χ3v) is 2.97. The Morgan fingerprint density at radius 3 is 2.63 bits per heavy atom. The van der Waals surface area contributed by atoms with Crippen molar-refractivity contribution in [3.63, 3.8) is 0 Å². The Morgan fingerprint density at radius 1 is 1.21 bits per heavy atom. The molecule has 2 aromatic carbocycles. The van der Waals surface area contributed by atoms with Gasteiger partial charge in [0.25, 0.3) is 0 Å². The van der Waals surface area contributed by atoms with E-state index in [2.05, 4.69) is 15.9 Å². The fourth-order valence-electron chi connectivity index (χ4n) is 1.57. The first-order valence-electron chi connectivity index (χ1n) is 5.42. The molecule has 0 atom stereocenters. The van der Waals surface area contributed by atoms with Gasteiger partial charge < -0.3 is 9.84 Å². The molecule has 0 unspecified atom stereocenters. The van der Waals surface area contributed by atoms with Crippen molar-refractivity contribution >= 4 is 21.6 Å². The van der Waals surface area contributed by atoms with Crippen LogP contribution in [0.1, 0.15) is 5.56 Å². The van der Waals surface area contributed by atoms with Gasteiger partial charge in [0.2, 0.25) is 5.75 Å². The fourth-order valence-corrected chi connectivity index (χ4v) is 1.91. The lowest BCUT2D eigenvalue weighted by atomic mass is 10.2. The van der Waals surface area contributed by atoms with Crippen LogP contribution in [-0.4, -0.2) is 10.0 Å². The molecule has 0 spiro atoms. The van der Waals surface area contributed by atoms with Gasteiger partial charge in [0.15, 0.2) is 0 Å². The van der Waals surface area contributed by atoms with Gasteiger partial charge >= 0.3 is 5.69 Å². The van der Waals surface area contributed by atoms with E-state index in [1.165, 1.54) is 12.1 Å². The van der Waals surface area contributed by atoms with Crippen molar-refractivity contribution in [1.29, 1.82) is 0 Å². The highest BCUT2D eigenvalue weighted by molar-refractivity contribution is 9.10. The molecule has 0 bridgehead atoms. The molecule has 1 N–H and O–H groups in total. The van der Waals surface area contributed by atoms with Gasteiger partial charge in [-0.1, -0.05) is 34.1 Å². The lowest BCUT2D eigenvalue weighted by Crippen LogP contribution is -1.95. The number of halogens is 1. The molecule has 19 heavy (non-hydrogen) atoms. The Morgan fingerprint density at radius 2 is 1.95 bits per heavy atom. The Balaban J connectivity index is 2.41. The molecule has 0 heterocycles. The molecule has 0 aliphatic carbocycles. The van der Waals surface area contributed by atoms with Crippen LogP contribution in [0, 0.1) is 10.1 Å². The molecule has 2 rings (SSSR count). The molecule has 0 aliphatic rings. The first kappa shape index (κ1) is 13.5. The van der Waals surface area contributed by atoms with Crippen LogP contribution in [-0.2, 0) is 6.61 Å². The molecule has 0 saturated carbocycles. The van der Waals surface area contributed by atoms with E-state index < -0.39 is 4.92 Å². The topological polar surface area (TPSA) is 72.6 Å². The first-order chi connectivity index (χ1) is 9.11. The third-order valence-electron chi connectivity index (χ3n) is 2.48. The van der Waals surface area contributed by atoms with Crippen molar-refractivity contribution in [3.05, 3.63) is 62.6 Å².